The Kier molecular flexibility index (Phi) is 9.83. The number of nitriles is 1. The average Bonchev–Trinajstić information content (AvgIpc) is 4.41. The molecule has 0 spiro atoms. The van der Waals surface area contributed by atoms with E-state index in [1.54, 1.807) is 0 Å². The Morgan fingerprint density at radius 2 is 0.444 bits per heavy atom. The molecule has 0 aliphatic heterocycles. The summed E-state index contributed by atoms with van der Waals surface area (Å²) in [7, 11) is 0. The van der Waals surface area contributed by atoms with Crippen LogP contribution in [0.15, 0.2) is 231 Å². The second-order valence-electron chi connectivity index (χ2n) is 24.0. The van der Waals surface area contributed by atoms with E-state index in [9.17, 15) is 5.26 Å². The van der Waals surface area contributed by atoms with Gasteiger partial charge in [0.15, 0.2) is 0 Å². The van der Waals surface area contributed by atoms with Crippen LogP contribution in [-0.4, -0.2) is 22.8 Å². The molecule has 81 heavy (non-hydrogen) atoms. The first-order valence-corrected chi connectivity index (χ1v) is 28.2. The average molecular weight is 1040 g/mol. The van der Waals surface area contributed by atoms with Crippen molar-refractivity contribution in [3.8, 4) is 34.5 Å². The van der Waals surface area contributed by atoms with Crippen LogP contribution in [0.1, 0.15) is 58.2 Å². The highest BCUT2D eigenvalue weighted by atomic mass is 15.2. The van der Waals surface area contributed by atoms with Crippen LogP contribution >= 0.6 is 0 Å². The molecule has 0 amide bonds. The minimum Gasteiger partial charge on any atom is -0.306 e. The highest BCUT2D eigenvalue weighted by Crippen LogP contribution is 2.52. The van der Waals surface area contributed by atoms with Gasteiger partial charge < -0.3 is 22.8 Å². The van der Waals surface area contributed by atoms with Gasteiger partial charge in [-0.05, 0) is 94.8 Å². The van der Waals surface area contributed by atoms with Crippen molar-refractivity contribution in [2.45, 2.75) is 52.4 Å². The fourth-order valence-corrected chi connectivity index (χ4v) is 13.7. The Morgan fingerprint density at radius 3 is 0.679 bits per heavy atom. The maximum atomic E-state index is 13.1. The van der Waals surface area contributed by atoms with Crippen LogP contribution in [0.3, 0.4) is 0 Å². The first-order valence-electron chi connectivity index (χ1n) is 28.2. The third kappa shape index (κ3) is 6.55. The zero-order valence-electron chi connectivity index (χ0n) is 46.1. The fraction of sp³-hybridized carbons (Fsp3) is 0.107. The maximum absolute atomic E-state index is 13.1. The molecule has 0 radical (unpaired) electrons. The van der Waals surface area contributed by atoms with Gasteiger partial charge in [-0.1, -0.05) is 199 Å². The SMILES string of the molecule is CC(C)(C)c1ccc2c(c1)c1ccccc1n2-c1c(-n2c3ccccc3c3ccccc32)c(C#N)c(-n2c3ccccc3c3ccccc32)c(-n2c3ccccc3c3cc(C(C)(C)C)ccc32)c1-n1c2ccccc2c2ccccc21. The molecule has 0 saturated carbocycles. The molecule has 5 heterocycles. The lowest BCUT2D eigenvalue weighted by Crippen LogP contribution is -2.19. The first-order chi connectivity index (χ1) is 39.5. The van der Waals surface area contributed by atoms with Gasteiger partial charge in [0, 0.05) is 53.9 Å². The summed E-state index contributed by atoms with van der Waals surface area (Å²) < 4.78 is 12.4. The molecule has 6 nitrogen and oxygen atoms in total. The molecule has 0 aliphatic carbocycles. The molecule has 0 unspecified atom stereocenters. The predicted molar refractivity (Wildman–Crippen MR) is 340 cm³/mol. The highest BCUT2D eigenvalue weighted by Gasteiger charge is 2.36. The molecule has 0 fully saturated rings. The van der Waals surface area contributed by atoms with Gasteiger partial charge in [0.2, 0.25) is 0 Å². The van der Waals surface area contributed by atoms with E-state index < -0.39 is 0 Å². The smallest absolute Gasteiger partial charge is 0.105 e. The zero-order valence-corrected chi connectivity index (χ0v) is 46.1. The van der Waals surface area contributed by atoms with E-state index in [1.165, 1.54) is 11.1 Å². The summed E-state index contributed by atoms with van der Waals surface area (Å²) in [6.07, 6.45) is 0. The molecule has 0 saturated heterocycles. The summed E-state index contributed by atoms with van der Waals surface area (Å²) in [6, 6.07) is 87.7. The van der Waals surface area contributed by atoms with Gasteiger partial charge in [0.25, 0.3) is 0 Å². The van der Waals surface area contributed by atoms with Crippen molar-refractivity contribution in [1.29, 1.82) is 5.26 Å². The van der Waals surface area contributed by atoms with Crippen LogP contribution in [0.25, 0.3) is 137 Å². The van der Waals surface area contributed by atoms with Crippen LogP contribution in [0.5, 0.6) is 0 Å². The number of hydrogen-bond acceptors (Lipinski definition) is 1. The molecule has 0 bridgehead atoms. The molecule has 11 aromatic carbocycles. The molecule has 0 atom stereocenters. The maximum Gasteiger partial charge on any atom is 0.105 e. The van der Waals surface area contributed by atoms with Crippen molar-refractivity contribution in [1.82, 2.24) is 22.8 Å². The molecule has 16 rings (SSSR count). The molecule has 0 aliphatic rings. The Bertz CT molecular complexity index is 4960. The second kappa shape index (κ2) is 17.0. The Balaban J connectivity index is 1.29. The quantitative estimate of drug-likeness (QED) is 0.169. The zero-order chi connectivity index (χ0) is 54.6. The van der Waals surface area contributed by atoms with Gasteiger partial charge in [0.05, 0.1) is 83.6 Å². The Hall–Kier alpha value is -10.1. The number of para-hydroxylation sites is 8. The first kappa shape index (κ1) is 47.0. The lowest BCUT2D eigenvalue weighted by Gasteiger charge is -2.30. The van der Waals surface area contributed by atoms with Gasteiger partial charge in [-0.25, -0.2) is 0 Å². The predicted octanol–water partition coefficient (Wildman–Crippen LogP) is 19.6. The number of aromatic nitrogens is 5. The Labute approximate surface area is 468 Å². The van der Waals surface area contributed by atoms with Crippen molar-refractivity contribution >= 4 is 109 Å². The second-order valence-corrected chi connectivity index (χ2v) is 24.0. The number of rotatable bonds is 5. The van der Waals surface area contributed by atoms with Crippen molar-refractivity contribution < 1.29 is 0 Å². The molecule has 16 aromatic rings. The highest BCUT2D eigenvalue weighted by molar-refractivity contribution is 6.18. The van der Waals surface area contributed by atoms with E-state index in [-0.39, 0.29) is 10.8 Å². The molecule has 386 valence electrons. The van der Waals surface area contributed by atoms with Crippen LogP contribution < -0.4 is 0 Å². The summed E-state index contributed by atoms with van der Waals surface area (Å²) in [5.41, 5.74) is 17.4. The summed E-state index contributed by atoms with van der Waals surface area (Å²) in [5.74, 6) is 0. The summed E-state index contributed by atoms with van der Waals surface area (Å²) in [4.78, 5) is 0. The van der Waals surface area contributed by atoms with Gasteiger partial charge in [-0.15, -0.1) is 0 Å². The monoisotopic (exact) mass is 1040 g/mol. The lowest BCUT2D eigenvalue weighted by molar-refractivity contribution is 0.591. The van der Waals surface area contributed by atoms with Gasteiger partial charge in [0.1, 0.15) is 11.6 Å². The summed E-state index contributed by atoms with van der Waals surface area (Å²) in [5, 5.41) is 24.4. The molecular formula is C75H56N6. The van der Waals surface area contributed by atoms with E-state index in [2.05, 4.69) is 301 Å². The fourth-order valence-electron chi connectivity index (χ4n) is 13.7. The van der Waals surface area contributed by atoms with Crippen LogP contribution in [-0.2, 0) is 10.8 Å². The van der Waals surface area contributed by atoms with Gasteiger partial charge in [-0.2, -0.15) is 5.26 Å². The number of benzene rings is 11. The normalized spacial score (nSPS) is 12.6. The number of fused-ring (bicyclic) bond motifs is 15. The van der Waals surface area contributed by atoms with Crippen LogP contribution in [0, 0.1) is 11.3 Å². The largest absolute Gasteiger partial charge is 0.306 e. The third-order valence-electron chi connectivity index (χ3n) is 17.4. The van der Waals surface area contributed by atoms with E-state index in [4.69, 9.17) is 0 Å². The van der Waals surface area contributed by atoms with Crippen molar-refractivity contribution in [2.24, 2.45) is 0 Å². The standard InChI is InChI=1S/C75H56N6/c1-74(2,3)46-39-41-67-56(43-46)54-29-13-21-37-65(54)80(67)71-69(77-59-31-15-7-23-48(59)49-24-8-16-32-60(49)77)58(45-76)70(78-61-33-17-9-25-50(61)51-26-10-18-34-62(51)78)72(73(71)79-63-35-19-11-27-52(63)53-28-12-20-36-64(53)79)81-66-38-22-14-30-55(66)57-44-47(75(4,5)6)40-42-68(57)81/h7-44H,1-6H3. The van der Waals surface area contributed by atoms with E-state index in [1.807, 2.05) is 0 Å². The van der Waals surface area contributed by atoms with E-state index in [0.29, 0.717) is 5.56 Å². The molecule has 6 heteroatoms. The topological polar surface area (TPSA) is 48.4 Å². The minimum atomic E-state index is -0.117. The number of hydrogen-bond donors (Lipinski definition) is 0. The third-order valence-corrected chi connectivity index (χ3v) is 17.4. The number of nitrogens with zero attached hydrogens (tertiary/aromatic N) is 6. The minimum absolute atomic E-state index is 0.117. The molecular weight excluding hydrogens is 985 g/mol. The summed E-state index contributed by atoms with van der Waals surface area (Å²) in [6.45, 7) is 13.8. The molecule has 0 N–H and O–H groups in total. The molecule has 5 aromatic heterocycles. The van der Waals surface area contributed by atoms with Gasteiger partial charge in [-0.3, -0.25) is 0 Å². The lowest BCUT2D eigenvalue weighted by atomic mass is 9.86. The van der Waals surface area contributed by atoms with E-state index >= 15 is 0 Å². The van der Waals surface area contributed by atoms with Crippen LogP contribution in [0.2, 0.25) is 0 Å². The van der Waals surface area contributed by atoms with Crippen LogP contribution in [0.4, 0.5) is 0 Å². The summed E-state index contributed by atoms with van der Waals surface area (Å²) >= 11 is 0. The Morgan fingerprint density at radius 1 is 0.247 bits per heavy atom. The van der Waals surface area contributed by atoms with Crippen molar-refractivity contribution in [3.63, 3.8) is 0 Å². The van der Waals surface area contributed by atoms with Gasteiger partial charge >= 0.3 is 0 Å². The van der Waals surface area contributed by atoms with E-state index in [0.717, 1.165) is 137 Å². The van der Waals surface area contributed by atoms with Crippen molar-refractivity contribution in [2.75, 3.05) is 0 Å². The van der Waals surface area contributed by atoms with Crippen molar-refractivity contribution in [3.05, 3.63) is 247 Å².